The van der Waals surface area contributed by atoms with Crippen LogP contribution < -0.4 is 5.32 Å². The number of benzene rings is 2. The zero-order valence-electron chi connectivity index (χ0n) is 19.8. The smallest absolute Gasteiger partial charge is 0.253 e. The SMILES string of the molecule is CCc1ccc(C(=O)N2CCC[C@H](c3cccc(C(=O)NCCN(CC)CC)c3)C2)cc1. The van der Waals surface area contributed by atoms with Crippen molar-refractivity contribution in [1.29, 1.82) is 0 Å². The van der Waals surface area contributed by atoms with E-state index in [-0.39, 0.29) is 17.7 Å². The zero-order chi connectivity index (χ0) is 22.9. The molecular weight excluding hydrogens is 398 g/mol. The van der Waals surface area contributed by atoms with E-state index in [0.29, 0.717) is 18.7 Å². The Morgan fingerprint density at radius 1 is 1.03 bits per heavy atom. The van der Waals surface area contributed by atoms with E-state index in [1.54, 1.807) is 0 Å². The van der Waals surface area contributed by atoms with Gasteiger partial charge in [0.05, 0.1) is 0 Å². The Morgan fingerprint density at radius 3 is 2.47 bits per heavy atom. The summed E-state index contributed by atoms with van der Waals surface area (Å²) in [5, 5.41) is 3.04. The Morgan fingerprint density at radius 2 is 1.78 bits per heavy atom. The normalized spacial score (nSPS) is 16.2. The minimum Gasteiger partial charge on any atom is -0.351 e. The summed E-state index contributed by atoms with van der Waals surface area (Å²) >= 11 is 0. The fraction of sp³-hybridized carbons (Fsp3) is 0.481. The number of amides is 2. The first-order valence-corrected chi connectivity index (χ1v) is 12.0. The standard InChI is InChI=1S/C27H37N3O2/c1-4-21-12-14-22(15-13-21)27(32)30-17-8-11-25(20-30)23-9-7-10-24(19-23)26(31)28-16-18-29(5-2)6-3/h7,9-10,12-15,19,25H,4-6,8,11,16-18,20H2,1-3H3,(H,28,31)/t25-/m0/s1. The van der Waals surface area contributed by atoms with Gasteiger partial charge in [0.25, 0.3) is 11.8 Å². The second kappa shape index (κ2) is 11.8. The molecule has 1 N–H and O–H groups in total. The second-order valence-electron chi connectivity index (χ2n) is 8.55. The highest BCUT2D eigenvalue weighted by atomic mass is 16.2. The maximum atomic E-state index is 13.0. The Bertz CT molecular complexity index is 890. The van der Waals surface area contributed by atoms with E-state index in [1.807, 2.05) is 47.4 Å². The van der Waals surface area contributed by atoms with Crippen LogP contribution >= 0.6 is 0 Å². The summed E-state index contributed by atoms with van der Waals surface area (Å²) < 4.78 is 0. The maximum absolute atomic E-state index is 13.0. The molecule has 5 heteroatoms. The van der Waals surface area contributed by atoms with Crippen LogP contribution in [-0.4, -0.2) is 60.9 Å². The number of piperidine rings is 1. The maximum Gasteiger partial charge on any atom is 0.253 e. The van der Waals surface area contributed by atoms with Crippen molar-refractivity contribution in [1.82, 2.24) is 15.1 Å². The van der Waals surface area contributed by atoms with Crippen molar-refractivity contribution in [3.8, 4) is 0 Å². The average Bonchev–Trinajstić information content (AvgIpc) is 2.86. The molecule has 1 aliphatic heterocycles. The fourth-order valence-electron chi connectivity index (χ4n) is 4.40. The first-order chi connectivity index (χ1) is 15.5. The Kier molecular flexibility index (Phi) is 8.86. The van der Waals surface area contributed by atoms with E-state index in [9.17, 15) is 9.59 Å². The lowest BCUT2D eigenvalue weighted by atomic mass is 9.89. The largest absolute Gasteiger partial charge is 0.351 e. The fourth-order valence-corrected chi connectivity index (χ4v) is 4.40. The molecule has 0 unspecified atom stereocenters. The molecule has 0 bridgehead atoms. The topological polar surface area (TPSA) is 52.7 Å². The van der Waals surface area contributed by atoms with Crippen molar-refractivity contribution < 1.29 is 9.59 Å². The molecule has 0 radical (unpaired) electrons. The highest BCUT2D eigenvalue weighted by Crippen LogP contribution is 2.28. The van der Waals surface area contributed by atoms with Gasteiger partial charge in [0, 0.05) is 43.2 Å². The van der Waals surface area contributed by atoms with E-state index in [1.165, 1.54) is 5.56 Å². The number of hydrogen-bond donors (Lipinski definition) is 1. The lowest BCUT2D eigenvalue weighted by Crippen LogP contribution is -2.39. The van der Waals surface area contributed by atoms with Crippen LogP contribution in [0.15, 0.2) is 48.5 Å². The third kappa shape index (κ3) is 6.19. The molecular formula is C27H37N3O2. The monoisotopic (exact) mass is 435 g/mol. The molecule has 0 aliphatic carbocycles. The van der Waals surface area contributed by atoms with Gasteiger partial charge in [0.1, 0.15) is 0 Å². The van der Waals surface area contributed by atoms with Gasteiger partial charge in [-0.1, -0.05) is 45.0 Å². The van der Waals surface area contributed by atoms with Crippen LogP contribution in [0.5, 0.6) is 0 Å². The van der Waals surface area contributed by atoms with Crippen molar-refractivity contribution in [3.05, 3.63) is 70.8 Å². The van der Waals surface area contributed by atoms with Crippen LogP contribution in [0.1, 0.15) is 71.4 Å². The van der Waals surface area contributed by atoms with E-state index in [0.717, 1.165) is 56.6 Å². The number of carbonyl (C=O) groups excluding carboxylic acids is 2. The van der Waals surface area contributed by atoms with Crippen LogP contribution in [-0.2, 0) is 6.42 Å². The molecule has 32 heavy (non-hydrogen) atoms. The molecule has 1 atom stereocenters. The lowest BCUT2D eigenvalue weighted by Gasteiger charge is -2.33. The molecule has 0 saturated carbocycles. The van der Waals surface area contributed by atoms with Gasteiger partial charge < -0.3 is 15.1 Å². The molecule has 1 heterocycles. The number of likely N-dealkylation sites (tertiary alicyclic amines) is 1. The summed E-state index contributed by atoms with van der Waals surface area (Å²) in [5.74, 6) is 0.326. The highest BCUT2D eigenvalue weighted by molar-refractivity contribution is 5.95. The van der Waals surface area contributed by atoms with Crippen molar-refractivity contribution in [3.63, 3.8) is 0 Å². The van der Waals surface area contributed by atoms with Crippen molar-refractivity contribution in [2.45, 2.75) is 46.0 Å². The first-order valence-electron chi connectivity index (χ1n) is 12.0. The summed E-state index contributed by atoms with van der Waals surface area (Å²) in [7, 11) is 0. The van der Waals surface area contributed by atoms with Gasteiger partial charge in [-0.2, -0.15) is 0 Å². The van der Waals surface area contributed by atoms with Gasteiger partial charge in [-0.3, -0.25) is 9.59 Å². The summed E-state index contributed by atoms with van der Waals surface area (Å²) in [6.45, 7) is 11.3. The van der Waals surface area contributed by atoms with E-state index in [2.05, 4.69) is 37.1 Å². The van der Waals surface area contributed by atoms with Crippen molar-refractivity contribution >= 4 is 11.8 Å². The summed E-state index contributed by atoms with van der Waals surface area (Å²) in [6, 6.07) is 15.9. The molecule has 3 rings (SSSR count). The van der Waals surface area contributed by atoms with Gasteiger partial charge in [0.2, 0.25) is 0 Å². The predicted molar refractivity (Wildman–Crippen MR) is 130 cm³/mol. The minimum absolute atomic E-state index is 0.0289. The Balaban J connectivity index is 1.62. The Labute approximate surface area is 192 Å². The second-order valence-corrected chi connectivity index (χ2v) is 8.55. The molecule has 5 nitrogen and oxygen atoms in total. The van der Waals surface area contributed by atoms with Gasteiger partial charge in [0.15, 0.2) is 0 Å². The Hall–Kier alpha value is -2.66. The zero-order valence-corrected chi connectivity index (χ0v) is 19.8. The van der Waals surface area contributed by atoms with E-state index < -0.39 is 0 Å². The number of nitrogens with one attached hydrogen (secondary N) is 1. The predicted octanol–water partition coefficient (Wildman–Crippen LogP) is 4.34. The number of rotatable bonds is 9. The number of hydrogen-bond acceptors (Lipinski definition) is 3. The summed E-state index contributed by atoms with van der Waals surface area (Å²) in [4.78, 5) is 29.9. The minimum atomic E-state index is -0.0289. The molecule has 1 saturated heterocycles. The average molecular weight is 436 g/mol. The number of carbonyl (C=O) groups is 2. The van der Waals surface area contributed by atoms with Crippen LogP contribution in [0.4, 0.5) is 0 Å². The lowest BCUT2D eigenvalue weighted by molar-refractivity contribution is 0.0706. The molecule has 172 valence electrons. The quantitative estimate of drug-likeness (QED) is 0.637. The van der Waals surface area contributed by atoms with Crippen LogP contribution in [0, 0.1) is 0 Å². The molecule has 0 spiro atoms. The molecule has 2 amide bonds. The summed E-state index contributed by atoms with van der Waals surface area (Å²) in [5.41, 5.74) is 3.83. The third-order valence-electron chi connectivity index (χ3n) is 6.55. The third-order valence-corrected chi connectivity index (χ3v) is 6.55. The van der Waals surface area contributed by atoms with Crippen LogP contribution in [0.2, 0.25) is 0 Å². The van der Waals surface area contributed by atoms with Gasteiger partial charge in [-0.25, -0.2) is 0 Å². The van der Waals surface area contributed by atoms with E-state index >= 15 is 0 Å². The first kappa shape index (κ1) is 24.0. The number of aryl methyl sites for hydroxylation is 1. The molecule has 0 aromatic heterocycles. The van der Waals surface area contributed by atoms with Gasteiger partial charge in [-0.15, -0.1) is 0 Å². The van der Waals surface area contributed by atoms with Crippen LogP contribution in [0.3, 0.4) is 0 Å². The van der Waals surface area contributed by atoms with Gasteiger partial charge in [-0.05, 0) is 67.7 Å². The molecule has 1 aliphatic rings. The highest BCUT2D eigenvalue weighted by Gasteiger charge is 2.26. The van der Waals surface area contributed by atoms with Crippen LogP contribution in [0.25, 0.3) is 0 Å². The van der Waals surface area contributed by atoms with Gasteiger partial charge >= 0.3 is 0 Å². The summed E-state index contributed by atoms with van der Waals surface area (Å²) in [6.07, 6.45) is 2.98. The number of likely N-dealkylation sites (N-methyl/N-ethyl adjacent to an activating group) is 1. The van der Waals surface area contributed by atoms with Crippen molar-refractivity contribution in [2.75, 3.05) is 39.3 Å². The molecule has 2 aromatic carbocycles. The molecule has 1 fully saturated rings. The van der Waals surface area contributed by atoms with Crippen molar-refractivity contribution in [2.24, 2.45) is 0 Å². The molecule has 2 aromatic rings. The van der Waals surface area contributed by atoms with E-state index in [4.69, 9.17) is 0 Å². The number of nitrogens with zero attached hydrogens (tertiary/aromatic N) is 2.